The second-order valence-corrected chi connectivity index (χ2v) is 3.67. The molecule has 0 aromatic carbocycles. The van der Waals surface area contributed by atoms with E-state index in [0.29, 0.717) is 5.02 Å². The molecule has 10 heavy (non-hydrogen) atoms. The second-order valence-electron chi connectivity index (χ2n) is 3.26. The van der Waals surface area contributed by atoms with Crippen LogP contribution in [-0.2, 0) is 5.41 Å². The van der Waals surface area contributed by atoms with E-state index in [1.165, 1.54) is 6.26 Å². The summed E-state index contributed by atoms with van der Waals surface area (Å²) in [4.78, 5) is 0. The van der Waals surface area contributed by atoms with Gasteiger partial charge in [-0.05, 0) is 0 Å². The molecule has 0 atom stereocenters. The molecule has 0 fully saturated rings. The average Bonchev–Trinajstić information content (AvgIpc) is 2.11. The van der Waals surface area contributed by atoms with Crippen LogP contribution in [0.25, 0.3) is 0 Å². The lowest BCUT2D eigenvalue weighted by Crippen LogP contribution is -2.11. The zero-order valence-corrected chi connectivity index (χ0v) is 7.07. The lowest BCUT2D eigenvalue weighted by Gasteiger charge is -2.13. The molecule has 1 aromatic rings. The minimum Gasteiger partial charge on any atom is -0.363 e. The summed E-state index contributed by atoms with van der Waals surface area (Å²) in [5.41, 5.74) is 0.790. The maximum absolute atomic E-state index is 5.77. The summed E-state index contributed by atoms with van der Waals surface area (Å²) < 4.78 is 4.69. The molecular formula is C7H10ClNO. The van der Waals surface area contributed by atoms with Crippen LogP contribution in [0.5, 0.6) is 0 Å². The quantitative estimate of drug-likeness (QED) is 0.582. The molecule has 1 heterocycles. The van der Waals surface area contributed by atoms with Gasteiger partial charge in [0.1, 0.15) is 17.0 Å². The van der Waals surface area contributed by atoms with Gasteiger partial charge in [0.2, 0.25) is 0 Å². The number of rotatable bonds is 0. The van der Waals surface area contributed by atoms with Crippen LogP contribution < -0.4 is 0 Å². The van der Waals surface area contributed by atoms with Crippen LogP contribution in [0, 0.1) is 0 Å². The first kappa shape index (κ1) is 7.61. The van der Waals surface area contributed by atoms with E-state index in [-0.39, 0.29) is 5.41 Å². The molecule has 2 nitrogen and oxygen atoms in total. The van der Waals surface area contributed by atoms with E-state index in [0.717, 1.165) is 5.69 Å². The van der Waals surface area contributed by atoms with Gasteiger partial charge >= 0.3 is 0 Å². The van der Waals surface area contributed by atoms with Gasteiger partial charge in [-0.3, -0.25) is 0 Å². The fourth-order valence-corrected chi connectivity index (χ4v) is 1.08. The molecule has 1 rings (SSSR count). The van der Waals surface area contributed by atoms with Gasteiger partial charge in [0.25, 0.3) is 0 Å². The molecule has 0 aliphatic carbocycles. The van der Waals surface area contributed by atoms with Crippen molar-refractivity contribution >= 4 is 11.6 Å². The Balaban J connectivity index is 3.05. The summed E-state index contributed by atoms with van der Waals surface area (Å²) in [7, 11) is 0. The summed E-state index contributed by atoms with van der Waals surface area (Å²) in [5.74, 6) is 0. The topological polar surface area (TPSA) is 26.0 Å². The molecule has 0 saturated carbocycles. The van der Waals surface area contributed by atoms with Crippen molar-refractivity contribution in [1.82, 2.24) is 5.16 Å². The van der Waals surface area contributed by atoms with E-state index in [9.17, 15) is 0 Å². The van der Waals surface area contributed by atoms with Gasteiger partial charge in [-0.1, -0.05) is 37.5 Å². The van der Waals surface area contributed by atoms with E-state index in [2.05, 4.69) is 9.68 Å². The minimum absolute atomic E-state index is 0.0237. The first-order valence-electron chi connectivity index (χ1n) is 3.12. The van der Waals surface area contributed by atoms with Gasteiger partial charge in [-0.25, -0.2) is 0 Å². The predicted molar refractivity (Wildman–Crippen MR) is 40.2 cm³/mol. The van der Waals surface area contributed by atoms with Gasteiger partial charge < -0.3 is 4.52 Å². The first-order chi connectivity index (χ1) is 4.52. The molecule has 0 N–H and O–H groups in total. The van der Waals surface area contributed by atoms with Crippen LogP contribution in [0.4, 0.5) is 0 Å². The van der Waals surface area contributed by atoms with Crippen LogP contribution in [0.2, 0.25) is 5.02 Å². The predicted octanol–water partition coefficient (Wildman–Crippen LogP) is 2.63. The average molecular weight is 160 g/mol. The summed E-state index contributed by atoms with van der Waals surface area (Å²) in [6.07, 6.45) is 1.45. The zero-order chi connectivity index (χ0) is 7.78. The Morgan fingerprint density at radius 2 is 2.10 bits per heavy atom. The highest BCUT2D eigenvalue weighted by atomic mass is 35.5. The van der Waals surface area contributed by atoms with Crippen LogP contribution in [0.15, 0.2) is 10.8 Å². The fraction of sp³-hybridized carbons (Fsp3) is 0.571. The summed E-state index contributed by atoms with van der Waals surface area (Å²) in [5, 5.41) is 4.38. The minimum atomic E-state index is -0.0237. The number of hydrogen-bond acceptors (Lipinski definition) is 2. The molecule has 56 valence electrons. The van der Waals surface area contributed by atoms with Crippen LogP contribution in [0.3, 0.4) is 0 Å². The fourth-order valence-electron chi connectivity index (χ4n) is 0.720. The van der Waals surface area contributed by atoms with Crippen molar-refractivity contribution in [3.8, 4) is 0 Å². The number of halogens is 1. The lowest BCUT2D eigenvalue weighted by molar-refractivity contribution is 0.393. The third kappa shape index (κ3) is 1.32. The maximum atomic E-state index is 5.77. The largest absolute Gasteiger partial charge is 0.363 e. The molecule has 0 aliphatic rings. The van der Waals surface area contributed by atoms with Crippen molar-refractivity contribution < 1.29 is 4.52 Å². The summed E-state index contributed by atoms with van der Waals surface area (Å²) in [6, 6.07) is 0. The Hall–Kier alpha value is -0.500. The molecule has 0 aliphatic heterocycles. The Kier molecular flexibility index (Phi) is 1.73. The van der Waals surface area contributed by atoms with Gasteiger partial charge in [0, 0.05) is 5.41 Å². The molecule has 1 aromatic heterocycles. The Morgan fingerprint density at radius 3 is 2.30 bits per heavy atom. The van der Waals surface area contributed by atoms with E-state index in [1.807, 2.05) is 20.8 Å². The Labute approximate surface area is 65.2 Å². The second kappa shape index (κ2) is 2.27. The number of nitrogens with zero attached hydrogens (tertiary/aromatic N) is 1. The van der Waals surface area contributed by atoms with E-state index in [1.54, 1.807) is 0 Å². The summed E-state index contributed by atoms with van der Waals surface area (Å²) in [6.45, 7) is 6.12. The van der Waals surface area contributed by atoms with Crippen molar-refractivity contribution in [2.24, 2.45) is 0 Å². The normalized spacial score (nSPS) is 12.0. The molecule has 0 saturated heterocycles. The molecule has 3 heteroatoms. The summed E-state index contributed by atoms with van der Waals surface area (Å²) >= 11 is 5.77. The zero-order valence-electron chi connectivity index (χ0n) is 6.31. The first-order valence-corrected chi connectivity index (χ1v) is 3.50. The molecule has 0 spiro atoms. The van der Waals surface area contributed by atoms with E-state index < -0.39 is 0 Å². The van der Waals surface area contributed by atoms with Crippen LogP contribution >= 0.6 is 11.6 Å². The molecular weight excluding hydrogens is 150 g/mol. The van der Waals surface area contributed by atoms with E-state index >= 15 is 0 Å². The van der Waals surface area contributed by atoms with Crippen molar-refractivity contribution in [3.63, 3.8) is 0 Å². The van der Waals surface area contributed by atoms with Gasteiger partial charge in [-0.15, -0.1) is 0 Å². The molecule has 0 unspecified atom stereocenters. The van der Waals surface area contributed by atoms with Gasteiger partial charge in [0.15, 0.2) is 0 Å². The highest BCUT2D eigenvalue weighted by Crippen LogP contribution is 2.27. The third-order valence-electron chi connectivity index (χ3n) is 1.24. The maximum Gasteiger partial charge on any atom is 0.142 e. The van der Waals surface area contributed by atoms with Gasteiger partial charge in [-0.2, -0.15) is 0 Å². The molecule has 0 radical (unpaired) electrons. The Morgan fingerprint density at radius 1 is 1.50 bits per heavy atom. The third-order valence-corrected chi connectivity index (χ3v) is 1.50. The lowest BCUT2D eigenvalue weighted by atomic mass is 9.93. The Bertz CT molecular complexity index is 224. The highest BCUT2D eigenvalue weighted by molar-refractivity contribution is 6.31. The SMILES string of the molecule is CC(C)(C)c1nocc1Cl. The standard InChI is InChI=1S/C7H10ClNO/c1-7(2,3)6-5(8)4-10-9-6/h4H,1-3H3. The monoisotopic (exact) mass is 159 g/mol. The van der Waals surface area contributed by atoms with Crippen molar-refractivity contribution in [3.05, 3.63) is 17.0 Å². The molecule has 0 bridgehead atoms. The van der Waals surface area contributed by atoms with Gasteiger partial charge in [0.05, 0.1) is 0 Å². The number of hydrogen-bond donors (Lipinski definition) is 0. The smallest absolute Gasteiger partial charge is 0.142 e. The number of aromatic nitrogens is 1. The van der Waals surface area contributed by atoms with Crippen LogP contribution in [-0.4, -0.2) is 5.16 Å². The van der Waals surface area contributed by atoms with Crippen molar-refractivity contribution in [2.45, 2.75) is 26.2 Å². The van der Waals surface area contributed by atoms with Crippen molar-refractivity contribution in [1.29, 1.82) is 0 Å². The van der Waals surface area contributed by atoms with E-state index in [4.69, 9.17) is 11.6 Å². The molecule has 0 amide bonds. The van der Waals surface area contributed by atoms with Crippen molar-refractivity contribution in [2.75, 3.05) is 0 Å². The highest BCUT2D eigenvalue weighted by Gasteiger charge is 2.20. The van der Waals surface area contributed by atoms with Crippen LogP contribution in [0.1, 0.15) is 26.5 Å².